The molecule has 0 aliphatic heterocycles. The Morgan fingerprint density at radius 1 is 1.56 bits per heavy atom. The molecule has 0 saturated heterocycles. The minimum Gasteiger partial charge on any atom is -0.455 e. The standard InChI is InChI=1S/C9H10Cl2N2O3/c1-5-12-13-6(16-5)3-15-7(14)8(2)4-9(8,10)11/h3-4H2,1-2H3. The highest BCUT2D eigenvalue weighted by atomic mass is 35.5. The molecule has 1 aromatic heterocycles. The number of esters is 1. The van der Waals surface area contributed by atoms with Gasteiger partial charge in [-0.25, -0.2) is 0 Å². The predicted molar refractivity (Wildman–Crippen MR) is 56.0 cm³/mol. The zero-order valence-corrected chi connectivity index (χ0v) is 10.3. The third-order valence-corrected chi connectivity index (χ3v) is 3.70. The zero-order chi connectivity index (χ0) is 12.0. The maximum atomic E-state index is 11.6. The van der Waals surface area contributed by atoms with Crippen molar-refractivity contribution >= 4 is 29.2 Å². The lowest BCUT2D eigenvalue weighted by atomic mass is 10.1. The molecule has 1 saturated carbocycles. The number of ether oxygens (including phenoxy) is 1. The number of rotatable bonds is 3. The van der Waals surface area contributed by atoms with Crippen LogP contribution >= 0.6 is 23.2 Å². The van der Waals surface area contributed by atoms with E-state index < -0.39 is 15.7 Å². The van der Waals surface area contributed by atoms with Crippen LogP contribution in [0.25, 0.3) is 0 Å². The molecule has 0 spiro atoms. The first-order valence-corrected chi connectivity index (χ1v) is 5.45. The number of hydrogen-bond donors (Lipinski definition) is 0. The van der Waals surface area contributed by atoms with Crippen LogP contribution in [0.1, 0.15) is 25.1 Å². The van der Waals surface area contributed by atoms with Gasteiger partial charge in [0.2, 0.25) is 5.89 Å². The largest absolute Gasteiger partial charge is 0.455 e. The van der Waals surface area contributed by atoms with Crippen LogP contribution in [-0.4, -0.2) is 20.5 Å². The monoisotopic (exact) mass is 264 g/mol. The van der Waals surface area contributed by atoms with Crippen molar-refractivity contribution < 1.29 is 13.9 Å². The fourth-order valence-corrected chi connectivity index (χ4v) is 1.99. The van der Waals surface area contributed by atoms with E-state index >= 15 is 0 Å². The van der Waals surface area contributed by atoms with E-state index in [4.69, 9.17) is 32.4 Å². The second-order valence-corrected chi connectivity index (χ2v) is 5.49. The number of carbonyl (C=O) groups excluding carboxylic acids is 1. The van der Waals surface area contributed by atoms with Crippen molar-refractivity contribution in [2.45, 2.75) is 31.2 Å². The first-order valence-electron chi connectivity index (χ1n) is 4.69. The fraction of sp³-hybridized carbons (Fsp3) is 0.667. The number of nitrogens with zero attached hydrogens (tertiary/aromatic N) is 2. The van der Waals surface area contributed by atoms with Gasteiger partial charge < -0.3 is 9.15 Å². The van der Waals surface area contributed by atoms with Crippen LogP contribution in [0.3, 0.4) is 0 Å². The second kappa shape index (κ2) is 3.60. The average molecular weight is 265 g/mol. The van der Waals surface area contributed by atoms with E-state index in [1.165, 1.54) is 0 Å². The number of aryl methyl sites for hydroxylation is 1. The Morgan fingerprint density at radius 3 is 2.62 bits per heavy atom. The van der Waals surface area contributed by atoms with Gasteiger partial charge in [-0.1, -0.05) is 0 Å². The van der Waals surface area contributed by atoms with Gasteiger partial charge in [-0.3, -0.25) is 4.79 Å². The molecule has 0 aromatic carbocycles. The highest BCUT2D eigenvalue weighted by Crippen LogP contribution is 2.64. The number of hydrogen-bond acceptors (Lipinski definition) is 5. The summed E-state index contributed by atoms with van der Waals surface area (Å²) in [6, 6.07) is 0. The lowest BCUT2D eigenvalue weighted by molar-refractivity contribution is -0.151. The van der Waals surface area contributed by atoms with E-state index in [0.717, 1.165) is 0 Å². The Balaban J connectivity index is 1.90. The maximum Gasteiger partial charge on any atom is 0.315 e. The van der Waals surface area contributed by atoms with Gasteiger partial charge in [-0.15, -0.1) is 33.4 Å². The molecule has 1 unspecified atom stereocenters. The lowest BCUT2D eigenvalue weighted by Crippen LogP contribution is -2.21. The maximum absolute atomic E-state index is 11.6. The Morgan fingerprint density at radius 2 is 2.19 bits per heavy atom. The summed E-state index contributed by atoms with van der Waals surface area (Å²) in [5, 5.41) is 7.31. The second-order valence-electron chi connectivity index (χ2n) is 4.00. The summed E-state index contributed by atoms with van der Waals surface area (Å²) in [5.74, 6) is 0.228. The molecule has 0 N–H and O–H groups in total. The minimum atomic E-state index is -1.02. The van der Waals surface area contributed by atoms with E-state index in [1.807, 2.05) is 0 Å². The van der Waals surface area contributed by atoms with Gasteiger partial charge in [0.25, 0.3) is 5.89 Å². The van der Waals surface area contributed by atoms with Crippen molar-refractivity contribution in [3.8, 4) is 0 Å². The van der Waals surface area contributed by atoms with E-state index in [-0.39, 0.29) is 12.5 Å². The third kappa shape index (κ3) is 1.89. The Kier molecular flexibility index (Phi) is 2.62. The zero-order valence-electron chi connectivity index (χ0n) is 8.79. The number of halogens is 2. The van der Waals surface area contributed by atoms with E-state index in [1.54, 1.807) is 13.8 Å². The van der Waals surface area contributed by atoms with Crippen LogP contribution < -0.4 is 0 Å². The van der Waals surface area contributed by atoms with Gasteiger partial charge in [-0.2, -0.15) is 0 Å². The molecule has 7 heteroatoms. The molecular formula is C9H10Cl2N2O3. The molecule has 1 aliphatic carbocycles. The highest BCUT2D eigenvalue weighted by Gasteiger charge is 2.69. The summed E-state index contributed by atoms with van der Waals surface area (Å²) in [4.78, 5) is 11.6. The van der Waals surface area contributed by atoms with Crippen molar-refractivity contribution in [2.75, 3.05) is 0 Å². The molecule has 5 nitrogen and oxygen atoms in total. The topological polar surface area (TPSA) is 65.2 Å². The van der Waals surface area contributed by atoms with Crippen LogP contribution in [0.2, 0.25) is 0 Å². The number of carbonyl (C=O) groups is 1. The number of alkyl halides is 2. The summed E-state index contributed by atoms with van der Waals surface area (Å²) in [7, 11) is 0. The number of aromatic nitrogens is 2. The van der Waals surface area contributed by atoms with Crippen LogP contribution in [0, 0.1) is 12.3 Å². The van der Waals surface area contributed by atoms with E-state index in [2.05, 4.69) is 10.2 Å². The predicted octanol–water partition coefficient (Wildman–Crippen LogP) is 2.01. The average Bonchev–Trinajstić information content (AvgIpc) is 2.57. The van der Waals surface area contributed by atoms with Crippen LogP contribution in [0.15, 0.2) is 4.42 Å². The summed E-state index contributed by atoms with van der Waals surface area (Å²) >= 11 is 11.7. The van der Waals surface area contributed by atoms with E-state index in [0.29, 0.717) is 12.3 Å². The molecule has 1 atom stereocenters. The van der Waals surface area contributed by atoms with Gasteiger partial charge in [0, 0.05) is 13.3 Å². The summed E-state index contributed by atoms with van der Waals surface area (Å²) in [6.45, 7) is 3.26. The van der Waals surface area contributed by atoms with Gasteiger partial charge in [0.15, 0.2) is 6.61 Å². The Hall–Kier alpha value is -0.810. The van der Waals surface area contributed by atoms with Gasteiger partial charge >= 0.3 is 5.97 Å². The highest BCUT2D eigenvalue weighted by molar-refractivity contribution is 6.53. The van der Waals surface area contributed by atoms with Gasteiger partial charge in [0.05, 0.1) is 0 Å². The van der Waals surface area contributed by atoms with Crippen molar-refractivity contribution in [1.82, 2.24) is 10.2 Å². The first-order chi connectivity index (χ1) is 7.35. The molecule has 1 aromatic rings. The molecule has 1 aliphatic rings. The van der Waals surface area contributed by atoms with Crippen LogP contribution in [-0.2, 0) is 16.1 Å². The molecule has 1 fully saturated rings. The lowest BCUT2D eigenvalue weighted by Gasteiger charge is -2.09. The fourth-order valence-electron chi connectivity index (χ4n) is 1.30. The SMILES string of the molecule is Cc1nnc(COC(=O)C2(C)CC2(Cl)Cl)o1. The summed E-state index contributed by atoms with van der Waals surface area (Å²) in [6.07, 6.45) is 0.394. The molecule has 0 radical (unpaired) electrons. The molecule has 88 valence electrons. The molecule has 0 amide bonds. The van der Waals surface area contributed by atoms with Gasteiger partial charge in [-0.05, 0) is 6.92 Å². The normalized spacial score (nSPS) is 26.5. The summed E-state index contributed by atoms with van der Waals surface area (Å²) in [5.41, 5.74) is -0.828. The Bertz CT molecular complexity index is 432. The van der Waals surface area contributed by atoms with Crippen LogP contribution in [0.4, 0.5) is 0 Å². The minimum absolute atomic E-state index is 0.0564. The van der Waals surface area contributed by atoms with Crippen molar-refractivity contribution in [2.24, 2.45) is 5.41 Å². The molecule has 0 bridgehead atoms. The quantitative estimate of drug-likeness (QED) is 0.617. The molecule has 2 rings (SSSR count). The van der Waals surface area contributed by atoms with Gasteiger partial charge in [0.1, 0.15) is 9.75 Å². The molecule has 16 heavy (non-hydrogen) atoms. The Labute approximate surface area is 102 Å². The van der Waals surface area contributed by atoms with Crippen molar-refractivity contribution in [3.05, 3.63) is 11.8 Å². The van der Waals surface area contributed by atoms with Crippen LogP contribution in [0.5, 0.6) is 0 Å². The molecular weight excluding hydrogens is 255 g/mol. The first kappa shape index (κ1) is 11.7. The summed E-state index contributed by atoms with van der Waals surface area (Å²) < 4.78 is 9.03. The third-order valence-electron chi connectivity index (χ3n) is 2.60. The molecule has 1 heterocycles. The van der Waals surface area contributed by atoms with Crippen molar-refractivity contribution in [3.63, 3.8) is 0 Å². The van der Waals surface area contributed by atoms with Crippen molar-refractivity contribution in [1.29, 1.82) is 0 Å². The van der Waals surface area contributed by atoms with E-state index in [9.17, 15) is 4.79 Å². The smallest absolute Gasteiger partial charge is 0.315 e.